The van der Waals surface area contributed by atoms with Crippen LogP contribution in [0.4, 0.5) is 0 Å². The maximum atomic E-state index is 10.9. The van der Waals surface area contributed by atoms with Crippen LogP contribution in [-0.4, -0.2) is 37.4 Å². The summed E-state index contributed by atoms with van der Waals surface area (Å²) in [5.41, 5.74) is 0. The van der Waals surface area contributed by atoms with Crippen LogP contribution in [0, 0.1) is 0 Å². The van der Waals surface area contributed by atoms with Gasteiger partial charge < -0.3 is 14.6 Å². The van der Waals surface area contributed by atoms with E-state index in [-0.39, 0.29) is 0 Å². The molecule has 0 aromatic rings. The van der Waals surface area contributed by atoms with Gasteiger partial charge in [0.15, 0.2) is 0 Å². The minimum atomic E-state index is -1.16. The second kappa shape index (κ2) is 10.2. The van der Waals surface area contributed by atoms with Crippen molar-refractivity contribution in [1.82, 2.24) is 0 Å². The van der Waals surface area contributed by atoms with Crippen molar-refractivity contribution in [2.24, 2.45) is 0 Å². The first-order valence-corrected chi connectivity index (χ1v) is 5.23. The van der Waals surface area contributed by atoms with E-state index in [1.165, 1.54) is 0 Å². The molecule has 0 bridgehead atoms. The summed E-state index contributed by atoms with van der Waals surface area (Å²) in [6, 6.07) is 0. The second-order valence-electron chi connectivity index (χ2n) is 3.25. The van der Waals surface area contributed by atoms with Crippen molar-refractivity contribution in [3.63, 3.8) is 0 Å². The monoisotopic (exact) mass is 230 g/mol. The molecule has 0 radical (unpaired) electrons. The molecule has 0 saturated carbocycles. The molecule has 0 aromatic carbocycles. The Labute approximate surface area is 95.0 Å². The summed E-state index contributed by atoms with van der Waals surface area (Å²) in [6.45, 7) is 1.08. The fourth-order valence-electron chi connectivity index (χ4n) is 1.06. The quantitative estimate of drug-likeness (QED) is 0.368. The zero-order chi connectivity index (χ0) is 12.2. The number of hydrogen-bond acceptors (Lipinski definition) is 4. The predicted octanol–water partition coefficient (Wildman–Crippen LogP) is 1.38. The van der Waals surface area contributed by atoms with Gasteiger partial charge in [0.25, 0.3) is 0 Å². The first kappa shape index (κ1) is 14.6. The molecule has 0 amide bonds. The Balaban J connectivity index is 3.31. The number of ether oxygens (including phenoxy) is 2. The SMILES string of the molecule is COCCCCCCOC(=O)/C=C/C(=O)O. The van der Waals surface area contributed by atoms with E-state index in [1.54, 1.807) is 7.11 Å². The zero-order valence-corrected chi connectivity index (χ0v) is 9.48. The molecule has 5 nitrogen and oxygen atoms in total. The van der Waals surface area contributed by atoms with Crippen LogP contribution >= 0.6 is 0 Å². The number of unbranched alkanes of at least 4 members (excludes halogenated alkanes) is 3. The van der Waals surface area contributed by atoms with Gasteiger partial charge >= 0.3 is 11.9 Å². The molecule has 0 unspecified atom stereocenters. The number of carboxylic acids is 1. The Bertz CT molecular complexity index is 235. The van der Waals surface area contributed by atoms with Gasteiger partial charge in [-0.2, -0.15) is 0 Å². The molecular formula is C11H18O5. The smallest absolute Gasteiger partial charge is 0.331 e. The molecule has 92 valence electrons. The molecule has 0 fully saturated rings. The highest BCUT2D eigenvalue weighted by atomic mass is 16.5. The lowest BCUT2D eigenvalue weighted by Gasteiger charge is -2.01. The standard InChI is InChI=1S/C11H18O5/c1-15-8-4-2-3-5-9-16-11(14)7-6-10(12)13/h6-7H,2-5,8-9H2,1H3,(H,12,13)/b7-6+. The summed E-state index contributed by atoms with van der Waals surface area (Å²) in [5.74, 6) is -1.77. The third-order valence-electron chi connectivity index (χ3n) is 1.85. The van der Waals surface area contributed by atoms with Crippen molar-refractivity contribution in [3.05, 3.63) is 12.2 Å². The van der Waals surface area contributed by atoms with Gasteiger partial charge in [-0.25, -0.2) is 9.59 Å². The van der Waals surface area contributed by atoms with Crippen molar-refractivity contribution in [2.75, 3.05) is 20.3 Å². The van der Waals surface area contributed by atoms with Crippen molar-refractivity contribution in [2.45, 2.75) is 25.7 Å². The number of carboxylic acid groups (broad SMARTS) is 1. The molecule has 0 aliphatic rings. The summed E-state index contributed by atoms with van der Waals surface area (Å²) in [5, 5.41) is 8.25. The largest absolute Gasteiger partial charge is 0.478 e. The molecule has 0 aromatic heterocycles. The lowest BCUT2D eigenvalue weighted by atomic mass is 10.2. The van der Waals surface area contributed by atoms with Crippen LogP contribution in [0.15, 0.2) is 12.2 Å². The van der Waals surface area contributed by atoms with E-state index >= 15 is 0 Å². The molecular weight excluding hydrogens is 212 g/mol. The van der Waals surface area contributed by atoms with E-state index < -0.39 is 11.9 Å². The first-order valence-electron chi connectivity index (χ1n) is 5.23. The van der Waals surface area contributed by atoms with Gasteiger partial charge in [-0.05, 0) is 19.3 Å². The third-order valence-corrected chi connectivity index (χ3v) is 1.85. The van der Waals surface area contributed by atoms with Crippen molar-refractivity contribution < 1.29 is 24.2 Å². The fraction of sp³-hybridized carbons (Fsp3) is 0.636. The van der Waals surface area contributed by atoms with E-state index in [4.69, 9.17) is 14.6 Å². The summed E-state index contributed by atoms with van der Waals surface area (Å²) >= 11 is 0. The Hall–Kier alpha value is -1.36. The minimum absolute atomic E-state index is 0.329. The van der Waals surface area contributed by atoms with Crippen LogP contribution < -0.4 is 0 Å². The molecule has 0 aliphatic carbocycles. The normalized spacial score (nSPS) is 10.6. The van der Waals surface area contributed by atoms with Crippen molar-refractivity contribution >= 4 is 11.9 Å². The lowest BCUT2D eigenvalue weighted by Crippen LogP contribution is -2.03. The Morgan fingerprint density at radius 3 is 2.25 bits per heavy atom. The van der Waals surface area contributed by atoms with Gasteiger partial charge in [-0.3, -0.25) is 0 Å². The molecule has 0 rings (SSSR count). The van der Waals surface area contributed by atoms with Crippen molar-refractivity contribution in [1.29, 1.82) is 0 Å². The molecule has 16 heavy (non-hydrogen) atoms. The van der Waals surface area contributed by atoms with E-state index in [0.29, 0.717) is 6.61 Å². The average molecular weight is 230 g/mol. The molecule has 0 spiro atoms. The fourth-order valence-corrected chi connectivity index (χ4v) is 1.06. The molecule has 0 saturated heterocycles. The molecule has 0 heterocycles. The van der Waals surface area contributed by atoms with E-state index in [9.17, 15) is 9.59 Å². The maximum absolute atomic E-state index is 10.9. The van der Waals surface area contributed by atoms with Gasteiger partial charge in [0.1, 0.15) is 0 Å². The van der Waals surface area contributed by atoms with E-state index in [1.807, 2.05) is 0 Å². The van der Waals surface area contributed by atoms with Crippen LogP contribution in [0.3, 0.4) is 0 Å². The summed E-state index contributed by atoms with van der Waals surface area (Å²) in [6.07, 6.45) is 5.48. The highest BCUT2D eigenvalue weighted by molar-refractivity contribution is 5.90. The van der Waals surface area contributed by atoms with Crippen LogP contribution in [0.2, 0.25) is 0 Å². The van der Waals surface area contributed by atoms with Crippen LogP contribution in [0.25, 0.3) is 0 Å². The predicted molar refractivity (Wildman–Crippen MR) is 58.1 cm³/mol. The lowest BCUT2D eigenvalue weighted by molar-refractivity contribution is -0.138. The number of rotatable bonds is 9. The topological polar surface area (TPSA) is 72.8 Å². The number of hydrogen-bond donors (Lipinski definition) is 1. The Morgan fingerprint density at radius 2 is 1.69 bits per heavy atom. The van der Waals surface area contributed by atoms with Gasteiger partial charge in [-0.15, -0.1) is 0 Å². The number of aliphatic carboxylic acids is 1. The maximum Gasteiger partial charge on any atom is 0.331 e. The van der Waals surface area contributed by atoms with E-state index in [0.717, 1.165) is 44.4 Å². The van der Waals surface area contributed by atoms with Gasteiger partial charge in [0.2, 0.25) is 0 Å². The molecule has 0 aliphatic heterocycles. The van der Waals surface area contributed by atoms with Crippen LogP contribution in [0.5, 0.6) is 0 Å². The first-order chi connectivity index (χ1) is 7.66. The highest BCUT2D eigenvalue weighted by Gasteiger charge is 1.98. The third kappa shape index (κ3) is 10.7. The number of esters is 1. The number of carbonyl (C=O) groups excluding carboxylic acids is 1. The van der Waals surface area contributed by atoms with Gasteiger partial charge in [0.05, 0.1) is 6.61 Å². The van der Waals surface area contributed by atoms with Crippen LogP contribution in [-0.2, 0) is 19.1 Å². The zero-order valence-electron chi connectivity index (χ0n) is 9.48. The second-order valence-corrected chi connectivity index (χ2v) is 3.25. The number of methoxy groups -OCH3 is 1. The van der Waals surface area contributed by atoms with Crippen LogP contribution in [0.1, 0.15) is 25.7 Å². The molecule has 1 N–H and O–H groups in total. The average Bonchev–Trinajstić information content (AvgIpc) is 2.25. The highest BCUT2D eigenvalue weighted by Crippen LogP contribution is 2.00. The number of carbonyl (C=O) groups is 2. The summed E-state index contributed by atoms with van der Waals surface area (Å²) in [7, 11) is 1.66. The minimum Gasteiger partial charge on any atom is -0.478 e. The van der Waals surface area contributed by atoms with Crippen molar-refractivity contribution in [3.8, 4) is 0 Å². The molecule has 5 heteroatoms. The Kier molecular flexibility index (Phi) is 9.30. The summed E-state index contributed by atoms with van der Waals surface area (Å²) < 4.78 is 9.67. The Morgan fingerprint density at radius 1 is 1.06 bits per heavy atom. The van der Waals surface area contributed by atoms with E-state index in [2.05, 4.69) is 0 Å². The molecule has 0 atom stereocenters. The van der Waals surface area contributed by atoms with Gasteiger partial charge in [0, 0.05) is 25.9 Å². The van der Waals surface area contributed by atoms with Gasteiger partial charge in [-0.1, -0.05) is 6.42 Å². The summed E-state index contributed by atoms with van der Waals surface area (Å²) in [4.78, 5) is 21.0.